The first-order valence-corrected chi connectivity index (χ1v) is 7.00. The Hall–Kier alpha value is -2.41. The summed E-state index contributed by atoms with van der Waals surface area (Å²) in [5.41, 5.74) is -0.173. The minimum Gasteiger partial charge on any atom is -0.466 e. The molecule has 0 bridgehead atoms. The Morgan fingerprint density at radius 3 is 2.82 bits per heavy atom. The Morgan fingerprint density at radius 2 is 2.18 bits per heavy atom. The molecular weight excluding hydrogens is 284 g/mol. The zero-order valence-corrected chi connectivity index (χ0v) is 12.7. The van der Waals surface area contributed by atoms with Crippen molar-refractivity contribution in [2.75, 3.05) is 0 Å². The smallest absolute Gasteiger partial charge is 0.246 e. The molecule has 3 aromatic heterocycles. The Balaban J connectivity index is 1.82. The van der Waals surface area contributed by atoms with Crippen LogP contribution in [0, 0.1) is 0 Å². The third-order valence-electron chi connectivity index (χ3n) is 3.25. The molecule has 0 aliphatic carbocycles. The molecule has 1 atom stereocenters. The van der Waals surface area contributed by atoms with Gasteiger partial charge in [-0.05, 0) is 12.1 Å². The van der Waals surface area contributed by atoms with Crippen LogP contribution in [-0.2, 0) is 12.0 Å². The molecule has 0 radical (unpaired) electrons. The summed E-state index contributed by atoms with van der Waals surface area (Å²) in [7, 11) is 0. The van der Waals surface area contributed by atoms with Crippen LogP contribution in [0.4, 0.5) is 0 Å². The van der Waals surface area contributed by atoms with Crippen LogP contribution in [-0.4, -0.2) is 24.8 Å². The topological polar surface area (TPSA) is 90.1 Å². The average molecular weight is 302 g/mol. The predicted octanol–water partition coefficient (Wildman–Crippen LogP) is 2.29. The van der Waals surface area contributed by atoms with Crippen LogP contribution >= 0.6 is 0 Å². The molecule has 0 aromatic carbocycles. The van der Waals surface area contributed by atoms with Crippen LogP contribution in [0.5, 0.6) is 0 Å². The van der Waals surface area contributed by atoms with Gasteiger partial charge in [-0.3, -0.25) is 0 Å². The van der Waals surface area contributed by atoms with Crippen molar-refractivity contribution < 1.29 is 14.0 Å². The van der Waals surface area contributed by atoms with Gasteiger partial charge < -0.3 is 18.6 Å². The zero-order chi connectivity index (χ0) is 15.7. The average Bonchev–Trinajstić information content (AvgIpc) is 3.19. The number of nitrogens with zero attached hydrogens (tertiary/aromatic N) is 4. The fourth-order valence-corrected chi connectivity index (χ4v) is 2.05. The van der Waals surface area contributed by atoms with Crippen molar-refractivity contribution in [2.45, 2.75) is 38.8 Å². The first-order valence-electron chi connectivity index (χ1n) is 7.00. The number of aliphatic hydroxyl groups excluding tert-OH is 1. The van der Waals surface area contributed by atoms with Crippen molar-refractivity contribution in [1.29, 1.82) is 0 Å². The van der Waals surface area contributed by atoms with E-state index in [2.05, 4.69) is 15.1 Å². The third-order valence-corrected chi connectivity index (χ3v) is 3.25. The van der Waals surface area contributed by atoms with Gasteiger partial charge in [0.1, 0.15) is 18.1 Å². The molecule has 3 heterocycles. The Labute approximate surface area is 127 Å². The highest BCUT2D eigenvalue weighted by Gasteiger charge is 2.23. The number of imidazole rings is 1. The highest BCUT2D eigenvalue weighted by atomic mass is 16.5. The molecule has 0 saturated carbocycles. The fraction of sp³-hybridized carbons (Fsp3) is 0.400. The van der Waals surface area contributed by atoms with E-state index in [1.807, 2.05) is 20.8 Å². The molecular formula is C15H18N4O3. The fourth-order valence-electron chi connectivity index (χ4n) is 2.05. The van der Waals surface area contributed by atoms with E-state index >= 15 is 0 Å². The van der Waals surface area contributed by atoms with Crippen LogP contribution in [0.25, 0.3) is 0 Å². The quantitative estimate of drug-likeness (QED) is 0.795. The summed E-state index contributed by atoms with van der Waals surface area (Å²) < 4.78 is 12.3. The summed E-state index contributed by atoms with van der Waals surface area (Å²) in [6, 6.07) is 3.42. The number of rotatable bonds is 4. The van der Waals surface area contributed by atoms with Gasteiger partial charge in [0.05, 0.1) is 6.26 Å². The minimum absolute atomic E-state index is 0.173. The van der Waals surface area contributed by atoms with Gasteiger partial charge in [0.2, 0.25) is 5.89 Å². The summed E-state index contributed by atoms with van der Waals surface area (Å²) in [4.78, 5) is 8.58. The molecule has 3 rings (SSSR count). The lowest BCUT2D eigenvalue weighted by Crippen LogP contribution is -2.14. The molecule has 116 valence electrons. The first-order chi connectivity index (χ1) is 10.4. The van der Waals surface area contributed by atoms with Crippen molar-refractivity contribution in [2.24, 2.45) is 0 Å². The van der Waals surface area contributed by atoms with Crippen molar-refractivity contribution >= 4 is 0 Å². The number of hydrogen-bond donors (Lipinski definition) is 1. The maximum atomic E-state index is 10.3. The Kier molecular flexibility index (Phi) is 3.58. The molecule has 0 aliphatic heterocycles. The first kappa shape index (κ1) is 14.5. The van der Waals surface area contributed by atoms with E-state index in [1.165, 1.54) is 6.26 Å². The van der Waals surface area contributed by atoms with Crippen molar-refractivity contribution in [3.8, 4) is 0 Å². The van der Waals surface area contributed by atoms with E-state index < -0.39 is 6.10 Å². The molecule has 0 fully saturated rings. The molecule has 22 heavy (non-hydrogen) atoms. The Bertz CT molecular complexity index is 737. The molecule has 0 saturated heterocycles. The van der Waals surface area contributed by atoms with E-state index in [0.29, 0.717) is 29.8 Å². The minimum atomic E-state index is -0.935. The number of furan rings is 1. The number of aliphatic hydroxyl groups is 1. The highest BCUT2D eigenvalue weighted by Crippen LogP contribution is 2.22. The normalized spacial score (nSPS) is 13.5. The van der Waals surface area contributed by atoms with Crippen LogP contribution in [0.1, 0.15) is 50.2 Å². The summed E-state index contributed by atoms with van der Waals surface area (Å²) >= 11 is 0. The highest BCUT2D eigenvalue weighted by molar-refractivity contribution is 5.13. The van der Waals surface area contributed by atoms with Crippen LogP contribution in [0.2, 0.25) is 0 Å². The zero-order valence-electron chi connectivity index (χ0n) is 12.7. The van der Waals surface area contributed by atoms with E-state index in [4.69, 9.17) is 8.94 Å². The van der Waals surface area contributed by atoms with Gasteiger partial charge in [0.15, 0.2) is 11.9 Å². The lowest BCUT2D eigenvalue weighted by molar-refractivity contribution is 0.175. The molecule has 7 heteroatoms. The molecule has 0 amide bonds. The van der Waals surface area contributed by atoms with E-state index in [0.717, 1.165) is 0 Å². The van der Waals surface area contributed by atoms with Gasteiger partial charge in [-0.15, -0.1) is 0 Å². The second-order valence-electron chi connectivity index (χ2n) is 6.09. The monoisotopic (exact) mass is 302 g/mol. The lowest BCUT2D eigenvalue weighted by Gasteiger charge is -2.11. The largest absolute Gasteiger partial charge is 0.466 e. The van der Waals surface area contributed by atoms with Crippen LogP contribution in [0.3, 0.4) is 0 Å². The van der Waals surface area contributed by atoms with Crippen molar-refractivity contribution in [3.05, 3.63) is 54.1 Å². The van der Waals surface area contributed by atoms with Crippen LogP contribution in [0.15, 0.2) is 39.7 Å². The number of hydrogen-bond acceptors (Lipinski definition) is 6. The van der Waals surface area contributed by atoms with Gasteiger partial charge in [0, 0.05) is 17.8 Å². The third kappa shape index (κ3) is 2.80. The molecule has 0 unspecified atom stereocenters. The van der Waals surface area contributed by atoms with Crippen molar-refractivity contribution in [1.82, 2.24) is 19.7 Å². The maximum absolute atomic E-state index is 10.3. The van der Waals surface area contributed by atoms with Crippen LogP contribution < -0.4 is 0 Å². The van der Waals surface area contributed by atoms with E-state index in [1.54, 1.807) is 29.1 Å². The number of aromatic nitrogens is 4. The second kappa shape index (κ2) is 5.42. The molecule has 1 N–H and O–H groups in total. The second-order valence-corrected chi connectivity index (χ2v) is 6.09. The van der Waals surface area contributed by atoms with Gasteiger partial charge in [-0.2, -0.15) is 4.98 Å². The van der Waals surface area contributed by atoms with Gasteiger partial charge in [-0.25, -0.2) is 4.98 Å². The maximum Gasteiger partial charge on any atom is 0.246 e. The summed E-state index contributed by atoms with van der Waals surface area (Å²) in [5, 5.41) is 14.3. The van der Waals surface area contributed by atoms with Gasteiger partial charge in [0.25, 0.3) is 0 Å². The SMILES string of the molecule is CC(C)(C)c1noc(Cn2ccnc2[C@H](O)c2ccco2)n1. The standard InChI is InChI=1S/C15H18N4O3/c1-15(2,3)14-17-11(22-18-14)9-19-7-6-16-13(19)12(20)10-5-4-8-21-10/h4-8,12,20H,9H2,1-3H3/t12-/m1/s1. The van der Waals surface area contributed by atoms with Gasteiger partial charge >= 0.3 is 0 Å². The predicted molar refractivity (Wildman–Crippen MR) is 77.1 cm³/mol. The summed E-state index contributed by atoms with van der Waals surface area (Å²) in [5.74, 6) is 2.02. The van der Waals surface area contributed by atoms with E-state index in [-0.39, 0.29) is 5.41 Å². The summed E-state index contributed by atoms with van der Waals surface area (Å²) in [6.45, 7) is 6.40. The van der Waals surface area contributed by atoms with Crippen molar-refractivity contribution in [3.63, 3.8) is 0 Å². The molecule has 0 aliphatic rings. The lowest BCUT2D eigenvalue weighted by atomic mass is 9.96. The molecule has 7 nitrogen and oxygen atoms in total. The summed E-state index contributed by atoms with van der Waals surface area (Å²) in [6.07, 6.45) is 3.94. The molecule has 0 spiro atoms. The Morgan fingerprint density at radius 1 is 1.36 bits per heavy atom. The van der Waals surface area contributed by atoms with E-state index in [9.17, 15) is 5.11 Å². The molecule has 3 aromatic rings. The van der Waals surface area contributed by atoms with Gasteiger partial charge in [-0.1, -0.05) is 25.9 Å².